The first-order valence-corrected chi connectivity index (χ1v) is 22.2. The Balaban J connectivity index is 2.21. The highest BCUT2D eigenvalue weighted by Gasteiger charge is 2.35. The molecule has 68 heavy (non-hydrogen) atoms. The average Bonchev–Trinajstić information content (AvgIpc) is 3.27. The summed E-state index contributed by atoms with van der Waals surface area (Å²) < 4.78 is 0. The summed E-state index contributed by atoms with van der Waals surface area (Å²) in [7, 11) is 0. The molecule has 0 aromatic heterocycles. The first-order chi connectivity index (χ1) is 31.9. The van der Waals surface area contributed by atoms with Gasteiger partial charge in [-0.05, 0) is 62.5 Å². The fourth-order valence-electron chi connectivity index (χ4n) is 6.67. The highest BCUT2D eigenvalue weighted by molar-refractivity contribution is 5.96. The molecule has 0 radical (unpaired) electrons. The number of hydrogen-bond donors (Lipinski definition) is 12. The van der Waals surface area contributed by atoms with Crippen LogP contribution in [0.15, 0.2) is 60.7 Å². The van der Waals surface area contributed by atoms with E-state index in [0.29, 0.717) is 11.1 Å². The van der Waals surface area contributed by atoms with Crippen LogP contribution in [0.2, 0.25) is 0 Å². The molecule has 9 atom stereocenters. The van der Waals surface area contributed by atoms with Crippen molar-refractivity contribution in [3.63, 3.8) is 0 Å². The van der Waals surface area contributed by atoms with Crippen LogP contribution >= 0.6 is 0 Å². The third-order valence-electron chi connectivity index (χ3n) is 10.6. The predicted molar refractivity (Wildman–Crippen MR) is 245 cm³/mol. The Morgan fingerprint density at radius 1 is 0.500 bits per heavy atom. The molecule has 2 aromatic carbocycles. The standard InChI is InChI=1S/C46H66N8O14/c1-24(2)21-33(52-44(65)37(25(3)4)54-41(62)30(47)17-19-35(55)56)43(64)51-32(22-28-13-9-7-10-14-28)38(59)45(66)49-26(5)39(60)48-27(6)40(61)50-31(18-20-36(57)58)42(63)53-34(46(67)68)23-29-15-11-8-12-16-29/h7-16,24-27,30-34,37-38,59H,17-23,47H2,1-6H3,(H,48,60)(H,49,66)(H,50,61)(H,51,64)(H,52,65)(H,53,63)(H,54,62)(H,55,56)(H,57,58)(H,67,68)/t26-,27-,30-,31-,32+,33-,34-,37-,38+/m0/s1. The number of amides is 7. The number of nitrogens with two attached hydrogens (primary N) is 1. The monoisotopic (exact) mass is 954 g/mol. The van der Waals surface area contributed by atoms with Gasteiger partial charge in [0, 0.05) is 19.3 Å². The lowest BCUT2D eigenvalue weighted by Crippen LogP contribution is -2.60. The maximum absolute atomic E-state index is 14.0. The quantitative estimate of drug-likeness (QED) is 0.0471. The van der Waals surface area contributed by atoms with Crippen molar-refractivity contribution in [2.24, 2.45) is 17.6 Å². The van der Waals surface area contributed by atoms with E-state index in [4.69, 9.17) is 10.8 Å². The van der Waals surface area contributed by atoms with E-state index in [-0.39, 0.29) is 38.0 Å². The first kappa shape index (κ1) is 57.2. The molecule has 22 nitrogen and oxygen atoms in total. The van der Waals surface area contributed by atoms with E-state index in [1.807, 2.05) is 0 Å². The summed E-state index contributed by atoms with van der Waals surface area (Å²) in [4.78, 5) is 128. The van der Waals surface area contributed by atoms with Crippen molar-refractivity contribution in [1.82, 2.24) is 37.2 Å². The maximum Gasteiger partial charge on any atom is 0.326 e. The molecule has 0 spiro atoms. The smallest absolute Gasteiger partial charge is 0.326 e. The molecule has 0 saturated carbocycles. The molecule has 0 aliphatic rings. The molecule has 13 N–H and O–H groups in total. The van der Waals surface area contributed by atoms with Crippen LogP contribution in [0.25, 0.3) is 0 Å². The van der Waals surface area contributed by atoms with Gasteiger partial charge in [-0.15, -0.1) is 0 Å². The molecule has 0 heterocycles. The van der Waals surface area contributed by atoms with Gasteiger partial charge in [-0.1, -0.05) is 88.4 Å². The van der Waals surface area contributed by atoms with Gasteiger partial charge in [0.25, 0.3) is 5.91 Å². The lowest BCUT2D eigenvalue weighted by atomic mass is 9.97. The Bertz CT molecular complexity index is 2050. The van der Waals surface area contributed by atoms with E-state index in [1.54, 1.807) is 88.4 Å². The molecule has 0 aliphatic heterocycles. The molecule has 0 saturated heterocycles. The van der Waals surface area contributed by atoms with Crippen molar-refractivity contribution in [3.05, 3.63) is 71.8 Å². The first-order valence-electron chi connectivity index (χ1n) is 22.2. The van der Waals surface area contributed by atoms with E-state index in [2.05, 4.69) is 37.2 Å². The Labute approximate surface area is 394 Å². The number of aliphatic carboxylic acids is 3. The topological polar surface area (TPSA) is 362 Å². The Hall–Kier alpha value is -6.94. The summed E-state index contributed by atoms with van der Waals surface area (Å²) in [6, 6.07) is 6.13. The number of carboxylic acids is 3. The summed E-state index contributed by atoms with van der Waals surface area (Å²) in [5.41, 5.74) is 7.03. The summed E-state index contributed by atoms with van der Waals surface area (Å²) in [6.45, 7) is 9.34. The molecule has 2 aromatic rings. The number of rotatable bonds is 29. The number of benzene rings is 2. The minimum atomic E-state index is -1.99. The zero-order chi connectivity index (χ0) is 51.2. The second kappa shape index (κ2) is 28.3. The lowest BCUT2D eigenvalue weighted by molar-refractivity contribution is -0.143. The number of carbonyl (C=O) groups is 10. The zero-order valence-corrected chi connectivity index (χ0v) is 39.0. The third-order valence-corrected chi connectivity index (χ3v) is 10.6. The minimum Gasteiger partial charge on any atom is -0.481 e. The van der Waals surface area contributed by atoms with Gasteiger partial charge in [0.05, 0.1) is 12.1 Å². The van der Waals surface area contributed by atoms with E-state index >= 15 is 0 Å². The fraction of sp³-hybridized carbons (Fsp3) is 0.522. The molecule has 0 bridgehead atoms. The number of aliphatic hydroxyl groups excluding tert-OH is 1. The largest absolute Gasteiger partial charge is 0.481 e. The van der Waals surface area contributed by atoms with Crippen LogP contribution in [-0.2, 0) is 60.8 Å². The summed E-state index contributed by atoms with van der Waals surface area (Å²) in [5.74, 6) is -10.8. The number of aliphatic hydroxyl groups is 1. The van der Waals surface area contributed by atoms with Gasteiger partial charge < -0.3 is 63.4 Å². The molecule has 374 valence electrons. The van der Waals surface area contributed by atoms with Crippen molar-refractivity contribution in [1.29, 1.82) is 0 Å². The summed E-state index contributed by atoms with van der Waals surface area (Å²) in [6.07, 6.45) is -3.68. The van der Waals surface area contributed by atoms with Gasteiger partial charge in [-0.3, -0.25) is 43.2 Å². The average molecular weight is 955 g/mol. The Morgan fingerprint density at radius 2 is 0.956 bits per heavy atom. The second-order valence-corrected chi connectivity index (χ2v) is 17.3. The lowest BCUT2D eigenvalue weighted by Gasteiger charge is -2.30. The zero-order valence-electron chi connectivity index (χ0n) is 39.0. The van der Waals surface area contributed by atoms with Gasteiger partial charge in [0.1, 0.15) is 36.3 Å². The predicted octanol–water partition coefficient (Wildman–Crippen LogP) is -0.890. The van der Waals surface area contributed by atoms with Crippen molar-refractivity contribution >= 4 is 59.3 Å². The molecule has 0 aliphatic carbocycles. The van der Waals surface area contributed by atoms with Crippen molar-refractivity contribution in [2.75, 3.05) is 0 Å². The Kier molecular flexibility index (Phi) is 23.8. The molecule has 22 heteroatoms. The van der Waals surface area contributed by atoms with Crippen LogP contribution in [-0.4, -0.2) is 134 Å². The van der Waals surface area contributed by atoms with E-state index in [9.17, 15) is 63.3 Å². The van der Waals surface area contributed by atoms with Crippen molar-refractivity contribution < 1.29 is 68.4 Å². The van der Waals surface area contributed by atoms with Crippen molar-refractivity contribution in [3.8, 4) is 0 Å². The third kappa shape index (κ3) is 20.3. The van der Waals surface area contributed by atoms with Gasteiger partial charge >= 0.3 is 17.9 Å². The van der Waals surface area contributed by atoms with Gasteiger partial charge in [-0.2, -0.15) is 0 Å². The van der Waals surface area contributed by atoms with Crippen LogP contribution in [0.5, 0.6) is 0 Å². The number of carboxylic acid groups (broad SMARTS) is 3. The van der Waals surface area contributed by atoms with Crippen LogP contribution in [0.3, 0.4) is 0 Å². The van der Waals surface area contributed by atoms with Gasteiger partial charge in [-0.25, -0.2) is 4.79 Å². The normalized spacial score (nSPS) is 15.1. The highest BCUT2D eigenvalue weighted by atomic mass is 16.4. The summed E-state index contributed by atoms with van der Waals surface area (Å²) in [5, 5.41) is 56.6. The molecule has 2 rings (SSSR count). The van der Waals surface area contributed by atoms with Crippen LogP contribution in [0, 0.1) is 11.8 Å². The van der Waals surface area contributed by atoms with Gasteiger partial charge in [0.15, 0.2) is 6.10 Å². The van der Waals surface area contributed by atoms with Crippen LogP contribution < -0.4 is 43.0 Å². The van der Waals surface area contributed by atoms with Gasteiger partial charge in [0.2, 0.25) is 35.4 Å². The van der Waals surface area contributed by atoms with Crippen LogP contribution in [0.1, 0.15) is 84.8 Å². The molecule has 0 fully saturated rings. The number of carbonyl (C=O) groups excluding carboxylic acids is 7. The maximum atomic E-state index is 14.0. The molecular weight excluding hydrogens is 889 g/mol. The minimum absolute atomic E-state index is 0.0832. The molecule has 7 amide bonds. The summed E-state index contributed by atoms with van der Waals surface area (Å²) >= 11 is 0. The SMILES string of the molecule is CC(C)C[C@H](NC(=O)[C@@H](NC(=O)[C@@H](N)CCC(=O)O)C(C)C)C(=O)N[C@H](Cc1ccccc1)[C@@H](O)C(=O)N[C@@H](C)C(=O)N[C@@H](C)C(=O)N[C@@H](CCC(=O)O)C(=O)N[C@@H](Cc1ccccc1)C(=O)O. The fourth-order valence-corrected chi connectivity index (χ4v) is 6.67. The molecule has 0 unspecified atom stereocenters. The second-order valence-electron chi connectivity index (χ2n) is 17.3. The van der Waals surface area contributed by atoms with Crippen LogP contribution in [0.4, 0.5) is 0 Å². The number of hydrogen-bond acceptors (Lipinski definition) is 12. The molecular formula is C46H66N8O14. The highest BCUT2D eigenvalue weighted by Crippen LogP contribution is 2.13. The van der Waals surface area contributed by atoms with E-state index in [0.717, 1.165) is 0 Å². The Morgan fingerprint density at radius 3 is 1.46 bits per heavy atom. The van der Waals surface area contributed by atoms with E-state index < -0.39 is 132 Å². The number of nitrogens with one attached hydrogen (secondary N) is 7. The van der Waals surface area contributed by atoms with Crippen molar-refractivity contribution in [2.45, 2.75) is 141 Å². The van der Waals surface area contributed by atoms with E-state index in [1.165, 1.54) is 13.8 Å².